The van der Waals surface area contributed by atoms with Crippen LogP contribution < -0.4 is 15.4 Å². The minimum atomic E-state index is -4.67. The Bertz CT molecular complexity index is 1600. The molecule has 1 aromatic heterocycles. The van der Waals surface area contributed by atoms with Crippen molar-refractivity contribution in [1.82, 2.24) is 4.98 Å². The molecule has 0 saturated heterocycles. The minimum absolute atomic E-state index is 0.0348. The number of nitrogens with two attached hydrogens (primary N) is 1. The van der Waals surface area contributed by atoms with E-state index in [1.165, 1.54) is 29.2 Å². The summed E-state index contributed by atoms with van der Waals surface area (Å²) in [6.45, 7) is 0. The summed E-state index contributed by atoms with van der Waals surface area (Å²) in [6, 6.07) is 17.4. The van der Waals surface area contributed by atoms with E-state index in [1.54, 1.807) is 30.3 Å². The zero-order valence-corrected chi connectivity index (χ0v) is 22.2. The molecule has 0 fully saturated rings. The Labute approximate surface area is 236 Å². The number of esters is 2. The Morgan fingerprint density at radius 3 is 2.22 bits per heavy atom. The van der Waals surface area contributed by atoms with E-state index in [0.29, 0.717) is 17.7 Å². The van der Waals surface area contributed by atoms with Gasteiger partial charge in [0.05, 0.1) is 42.9 Å². The number of anilines is 1. The van der Waals surface area contributed by atoms with Crippen molar-refractivity contribution in [2.75, 3.05) is 19.1 Å². The van der Waals surface area contributed by atoms with Crippen LogP contribution in [0.3, 0.4) is 0 Å². The SMILES string of the molecule is COC(=O)C1=C(C(=O)OC)N(c2ccc(Oc3cc(C(F)(F)F)cc(Cl)n3)cc2)C(N)=C(C#N)C1c1ccccc1. The van der Waals surface area contributed by atoms with Crippen molar-refractivity contribution in [3.8, 4) is 17.7 Å². The molecule has 0 aliphatic carbocycles. The van der Waals surface area contributed by atoms with Crippen LogP contribution in [0.4, 0.5) is 18.9 Å². The van der Waals surface area contributed by atoms with Crippen LogP contribution in [0, 0.1) is 11.3 Å². The first-order valence-electron chi connectivity index (χ1n) is 11.7. The van der Waals surface area contributed by atoms with Crippen molar-refractivity contribution < 1.29 is 37.0 Å². The van der Waals surface area contributed by atoms with Crippen LogP contribution in [-0.4, -0.2) is 31.1 Å². The molecular formula is C28H20ClF3N4O5. The van der Waals surface area contributed by atoms with E-state index in [-0.39, 0.29) is 34.1 Å². The van der Waals surface area contributed by atoms with Gasteiger partial charge in [0, 0.05) is 11.8 Å². The van der Waals surface area contributed by atoms with E-state index in [4.69, 9.17) is 31.5 Å². The summed E-state index contributed by atoms with van der Waals surface area (Å²) in [7, 11) is 2.24. The van der Waals surface area contributed by atoms with Gasteiger partial charge in [0.1, 0.15) is 22.4 Å². The van der Waals surface area contributed by atoms with E-state index < -0.39 is 40.6 Å². The molecule has 0 spiro atoms. The zero-order chi connectivity index (χ0) is 29.9. The third kappa shape index (κ3) is 5.80. The fourth-order valence-electron chi connectivity index (χ4n) is 4.25. The smallest absolute Gasteiger partial charge is 0.416 e. The molecule has 2 heterocycles. The maximum absolute atomic E-state index is 13.2. The molecule has 2 N–H and O–H groups in total. The molecule has 9 nitrogen and oxygen atoms in total. The normalized spacial score (nSPS) is 15.3. The first-order chi connectivity index (χ1) is 19.5. The van der Waals surface area contributed by atoms with Crippen LogP contribution >= 0.6 is 11.6 Å². The van der Waals surface area contributed by atoms with Crippen molar-refractivity contribution in [2.45, 2.75) is 12.1 Å². The summed E-state index contributed by atoms with van der Waals surface area (Å²) in [6.07, 6.45) is -4.67. The van der Waals surface area contributed by atoms with Gasteiger partial charge < -0.3 is 19.9 Å². The quantitative estimate of drug-likeness (QED) is 0.297. The molecule has 1 unspecified atom stereocenters. The lowest BCUT2D eigenvalue weighted by atomic mass is 9.81. The molecule has 0 radical (unpaired) electrons. The Morgan fingerprint density at radius 1 is 1.02 bits per heavy atom. The van der Waals surface area contributed by atoms with Crippen LogP contribution in [0.25, 0.3) is 0 Å². The number of methoxy groups -OCH3 is 2. The number of hydrogen-bond acceptors (Lipinski definition) is 9. The molecule has 210 valence electrons. The summed E-state index contributed by atoms with van der Waals surface area (Å²) < 4.78 is 54.9. The summed E-state index contributed by atoms with van der Waals surface area (Å²) >= 11 is 5.73. The third-order valence-corrected chi connectivity index (χ3v) is 6.22. The van der Waals surface area contributed by atoms with Gasteiger partial charge in [-0.25, -0.2) is 14.6 Å². The Balaban J connectivity index is 1.82. The van der Waals surface area contributed by atoms with Gasteiger partial charge in [0.25, 0.3) is 0 Å². The number of halogens is 4. The van der Waals surface area contributed by atoms with Crippen molar-refractivity contribution in [1.29, 1.82) is 5.26 Å². The van der Waals surface area contributed by atoms with Gasteiger partial charge in [0.2, 0.25) is 5.88 Å². The number of hydrogen-bond donors (Lipinski definition) is 1. The molecule has 2 aromatic carbocycles. The van der Waals surface area contributed by atoms with Crippen LogP contribution in [0.1, 0.15) is 17.0 Å². The zero-order valence-electron chi connectivity index (χ0n) is 21.4. The summed E-state index contributed by atoms with van der Waals surface area (Å²) in [5, 5.41) is 9.68. The van der Waals surface area contributed by atoms with Gasteiger partial charge in [-0.1, -0.05) is 41.9 Å². The second kappa shape index (κ2) is 11.6. The number of carbonyl (C=O) groups excluding carboxylic acids is 2. The van der Waals surface area contributed by atoms with Crippen molar-refractivity contribution in [3.05, 3.63) is 106 Å². The lowest BCUT2D eigenvalue weighted by Crippen LogP contribution is -2.40. The van der Waals surface area contributed by atoms with Gasteiger partial charge in [0.15, 0.2) is 0 Å². The number of aromatic nitrogens is 1. The largest absolute Gasteiger partial charge is 0.466 e. The van der Waals surface area contributed by atoms with E-state index in [0.717, 1.165) is 14.2 Å². The molecule has 41 heavy (non-hydrogen) atoms. The predicted molar refractivity (Wildman–Crippen MR) is 140 cm³/mol. The van der Waals surface area contributed by atoms with E-state index in [2.05, 4.69) is 4.98 Å². The van der Waals surface area contributed by atoms with Gasteiger partial charge in [-0.15, -0.1) is 0 Å². The minimum Gasteiger partial charge on any atom is -0.466 e. The fraction of sp³-hybridized carbons (Fsp3) is 0.143. The highest BCUT2D eigenvalue weighted by molar-refractivity contribution is 6.29. The number of ether oxygens (including phenoxy) is 3. The molecular weight excluding hydrogens is 565 g/mol. The second-order valence-corrected chi connectivity index (χ2v) is 8.83. The number of carbonyl (C=O) groups is 2. The number of pyridine rings is 1. The average Bonchev–Trinajstić information content (AvgIpc) is 2.96. The molecule has 3 aromatic rings. The van der Waals surface area contributed by atoms with E-state index in [9.17, 15) is 28.0 Å². The van der Waals surface area contributed by atoms with Crippen LogP contribution in [0.2, 0.25) is 5.15 Å². The topological polar surface area (TPSA) is 128 Å². The Morgan fingerprint density at radius 2 is 1.66 bits per heavy atom. The average molecular weight is 585 g/mol. The molecule has 13 heteroatoms. The number of nitrogens with zero attached hydrogens (tertiary/aromatic N) is 3. The maximum atomic E-state index is 13.2. The third-order valence-electron chi connectivity index (χ3n) is 6.03. The Kier molecular flexibility index (Phi) is 8.21. The van der Waals surface area contributed by atoms with Crippen molar-refractivity contribution >= 4 is 29.2 Å². The molecule has 1 atom stereocenters. The lowest BCUT2D eigenvalue weighted by Gasteiger charge is -2.35. The van der Waals surface area contributed by atoms with Gasteiger partial charge in [-0.2, -0.15) is 18.4 Å². The second-order valence-electron chi connectivity index (χ2n) is 8.45. The van der Waals surface area contributed by atoms with E-state index in [1.807, 2.05) is 6.07 Å². The highest BCUT2D eigenvalue weighted by Crippen LogP contribution is 2.43. The number of benzene rings is 2. The van der Waals surface area contributed by atoms with Crippen molar-refractivity contribution in [3.63, 3.8) is 0 Å². The Hall–Kier alpha value is -5.02. The van der Waals surface area contributed by atoms with Gasteiger partial charge in [-0.05, 0) is 35.9 Å². The maximum Gasteiger partial charge on any atom is 0.416 e. The van der Waals surface area contributed by atoms with Crippen LogP contribution in [-0.2, 0) is 25.2 Å². The number of rotatable bonds is 6. The summed E-state index contributed by atoms with van der Waals surface area (Å²) in [5.74, 6) is -3.37. The van der Waals surface area contributed by atoms with Gasteiger partial charge >= 0.3 is 18.1 Å². The fourth-order valence-corrected chi connectivity index (χ4v) is 4.46. The predicted octanol–water partition coefficient (Wildman–Crippen LogP) is 5.44. The molecule has 1 aliphatic rings. The van der Waals surface area contributed by atoms with Crippen LogP contribution in [0.5, 0.6) is 11.6 Å². The molecule has 0 saturated carbocycles. The standard InChI is InChI=1S/C28H20ClF3N4O5/c1-39-26(37)23-22(15-6-4-3-5-7-15)19(14-33)25(34)36(24(23)27(38)40-2)17-8-10-18(11-9-17)41-21-13-16(28(30,31)32)12-20(29)35-21/h3-13,22H,34H2,1-2H3. The van der Waals surface area contributed by atoms with Crippen LogP contribution in [0.15, 0.2) is 89.4 Å². The summed E-state index contributed by atoms with van der Waals surface area (Å²) in [4.78, 5) is 31.2. The first kappa shape index (κ1) is 29.0. The van der Waals surface area contributed by atoms with Crippen molar-refractivity contribution in [2.24, 2.45) is 5.73 Å². The highest BCUT2D eigenvalue weighted by Gasteiger charge is 2.43. The van der Waals surface area contributed by atoms with E-state index >= 15 is 0 Å². The summed E-state index contributed by atoms with van der Waals surface area (Å²) in [5.41, 5.74) is 5.60. The molecule has 1 aliphatic heterocycles. The monoisotopic (exact) mass is 584 g/mol. The highest BCUT2D eigenvalue weighted by atomic mass is 35.5. The number of nitriles is 1. The molecule has 0 amide bonds. The molecule has 0 bridgehead atoms. The van der Waals surface area contributed by atoms with Gasteiger partial charge in [-0.3, -0.25) is 4.90 Å². The number of alkyl halides is 3. The first-order valence-corrected chi connectivity index (χ1v) is 12.1. The number of allylic oxidation sites excluding steroid dienone is 1. The lowest BCUT2D eigenvalue weighted by molar-refractivity contribution is -0.139. The molecule has 4 rings (SSSR count).